The van der Waals surface area contributed by atoms with Crippen molar-refractivity contribution in [1.29, 1.82) is 0 Å². The van der Waals surface area contributed by atoms with Gasteiger partial charge in [-0.2, -0.15) is 13.2 Å². The average Bonchev–Trinajstić information content (AvgIpc) is 3.17. The first-order valence-electron chi connectivity index (χ1n) is 10.4. The van der Waals surface area contributed by atoms with Crippen molar-refractivity contribution in [2.45, 2.75) is 50.4 Å². The molecule has 168 valence electrons. The molecule has 1 aliphatic heterocycles. The van der Waals surface area contributed by atoms with Crippen LogP contribution >= 0.6 is 0 Å². The van der Waals surface area contributed by atoms with E-state index in [0.717, 1.165) is 5.69 Å². The Morgan fingerprint density at radius 2 is 1.88 bits per heavy atom. The van der Waals surface area contributed by atoms with Crippen LogP contribution in [0.5, 0.6) is 11.5 Å². The maximum Gasteiger partial charge on any atom is 0.419 e. The maximum absolute atomic E-state index is 14.4. The molecule has 0 saturated heterocycles. The maximum atomic E-state index is 14.4. The number of anilines is 1. The van der Waals surface area contributed by atoms with Gasteiger partial charge in [-0.3, -0.25) is 4.98 Å². The molecule has 2 atom stereocenters. The summed E-state index contributed by atoms with van der Waals surface area (Å²) in [7, 11) is 0. The molecule has 0 spiro atoms. The van der Waals surface area contributed by atoms with Crippen molar-refractivity contribution in [2.75, 3.05) is 12.1 Å². The summed E-state index contributed by atoms with van der Waals surface area (Å²) in [5.41, 5.74) is -1.13. The third-order valence-corrected chi connectivity index (χ3v) is 6.41. The van der Waals surface area contributed by atoms with Crippen LogP contribution in [0.25, 0.3) is 10.9 Å². The molecule has 0 fully saturated rings. The fourth-order valence-corrected chi connectivity index (χ4v) is 5.05. The minimum atomic E-state index is -4.87. The highest BCUT2D eigenvalue weighted by Gasteiger charge is 2.64. The third kappa shape index (κ3) is 3.00. The first kappa shape index (κ1) is 20.9. The van der Waals surface area contributed by atoms with E-state index in [-0.39, 0.29) is 6.79 Å². The van der Waals surface area contributed by atoms with Gasteiger partial charge in [0, 0.05) is 22.3 Å². The molecule has 8 heteroatoms. The molecule has 0 bridgehead atoms. The van der Waals surface area contributed by atoms with Crippen LogP contribution < -0.4 is 14.8 Å². The van der Waals surface area contributed by atoms with Crippen LogP contribution in [-0.2, 0) is 5.41 Å². The minimum Gasteiger partial charge on any atom is -0.454 e. The number of ether oxygens (including phenoxy) is 2. The zero-order chi connectivity index (χ0) is 22.9. The second-order valence-corrected chi connectivity index (χ2v) is 9.15. The van der Waals surface area contributed by atoms with Gasteiger partial charge >= 0.3 is 6.18 Å². The quantitative estimate of drug-likeness (QED) is 0.554. The molecule has 2 heterocycles. The summed E-state index contributed by atoms with van der Waals surface area (Å²) < 4.78 is 54.3. The summed E-state index contributed by atoms with van der Waals surface area (Å²) in [4.78, 5) is 4.47. The first-order chi connectivity index (χ1) is 15.0. The van der Waals surface area contributed by atoms with Crippen LogP contribution in [-0.4, -0.2) is 28.7 Å². The zero-order valence-electron chi connectivity index (χ0n) is 17.9. The number of fused-ring (bicyclic) bond motifs is 4. The van der Waals surface area contributed by atoms with Gasteiger partial charge in [0.05, 0.1) is 11.6 Å². The third-order valence-electron chi connectivity index (χ3n) is 6.41. The molecule has 0 amide bonds. The van der Waals surface area contributed by atoms with Crippen LogP contribution in [0.15, 0.2) is 42.5 Å². The molecule has 1 aliphatic carbocycles. The van der Waals surface area contributed by atoms with E-state index >= 15 is 0 Å². The predicted octanol–water partition coefficient (Wildman–Crippen LogP) is 5.40. The number of benzene rings is 2. The van der Waals surface area contributed by atoms with E-state index in [2.05, 4.69) is 10.3 Å². The molecule has 2 aromatic carbocycles. The zero-order valence-corrected chi connectivity index (χ0v) is 17.9. The lowest BCUT2D eigenvalue weighted by Crippen LogP contribution is -2.58. The Balaban J connectivity index is 1.72. The number of rotatable bonds is 2. The monoisotopic (exact) mass is 444 g/mol. The molecule has 5 rings (SSSR count). The van der Waals surface area contributed by atoms with Crippen molar-refractivity contribution in [2.24, 2.45) is 0 Å². The number of alkyl halides is 3. The second kappa shape index (κ2) is 6.75. The van der Waals surface area contributed by atoms with Crippen LogP contribution in [0.2, 0.25) is 0 Å². The summed E-state index contributed by atoms with van der Waals surface area (Å²) in [6.07, 6.45) is -5.40. The highest BCUT2D eigenvalue weighted by molar-refractivity contribution is 5.91. The molecule has 0 radical (unpaired) electrons. The van der Waals surface area contributed by atoms with Crippen LogP contribution in [0.4, 0.5) is 18.9 Å². The molecular weight excluding hydrogens is 421 g/mol. The number of hydrogen-bond donors (Lipinski definition) is 2. The van der Waals surface area contributed by atoms with Gasteiger partial charge in [0.2, 0.25) is 6.79 Å². The van der Waals surface area contributed by atoms with E-state index < -0.39 is 29.7 Å². The fourth-order valence-electron chi connectivity index (χ4n) is 5.05. The number of aryl methyl sites for hydroxylation is 1. The van der Waals surface area contributed by atoms with E-state index in [4.69, 9.17) is 9.47 Å². The van der Waals surface area contributed by atoms with Crippen LogP contribution in [0.3, 0.4) is 0 Å². The number of pyridine rings is 1. The Bertz CT molecular complexity index is 1230. The van der Waals surface area contributed by atoms with Crippen molar-refractivity contribution < 1.29 is 27.8 Å². The minimum absolute atomic E-state index is 0.0117. The molecule has 0 saturated carbocycles. The van der Waals surface area contributed by atoms with E-state index in [0.29, 0.717) is 39.2 Å². The number of aromatic nitrogens is 1. The predicted molar refractivity (Wildman–Crippen MR) is 114 cm³/mol. The van der Waals surface area contributed by atoms with Crippen molar-refractivity contribution in [3.63, 3.8) is 0 Å². The lowest BCUT2D eigenvalue weighted by atomic mass is 9.63. The van der Waals surface area contributed by atoms with Gasteiger partial charge in [-0.1, -0.05) is 26.0 Å². The Hall–Kier alpha value is -3.00. The van der Waals surface area contributed by atoms with E-state index in [1.807, 2.05) is 13.0 Å². The fraction of sp³-hybridized carbons (Fsp3) is 0.375. The lowest BCUT2D eigenvalue weighted by Gasteiger charge is -2.49. The van der Waals surface area contributed by atoms with E-state index in [9.17, 15) is 18.3 Å². The van der Waals surface area contributed by atoms with Crippen molar-refractivity contribution in [3.8, 4) is 11.5 Å². The van der Waals surface area contributed by atoms with Gasteiger partial charge in [0.1, 0.15) is 0 Å². The van der Waals surface area contributed by atoms with Crippen LogP contribution in [0.1, 0.15) is 43.1 Å². The van der Waals surface area contributed by atoms with Crippen molar-refractivity contribution >= 4 is 16.6 Å². The average molecular weight is 444 g/mol. The first-order valence-corrected chi connectivity index (χ1v) is 10.4. The number of aliphatic hydroxyl groups is 1. The van der Waals surface area contributed by atoms with Gasteiger partial charge in [-0.05, 0) is 54.7 Å². The Kier molecular flexibility index (Phi) is 4.40. The Morgan fingerprint density at radius 1 is 1.09 bits per heavy atom. The number of hydrogen-bond acceptors (Lipinski definition) is 5. The van der Waals surface area contributed by atoms with Gasteiger partial charge in [-0.25, -0.2) is 0 Å². The SMILES string of the molecule is Cc1ccc2c(N[C@H]3c4ccc5c(c4C(C)(C)C[C@@]3(O)C(F)(F)F)OCO5)cccc2n1. The summed E-state index contributed by atoms with van der Waals surface area (Å²) in [6, 6.07) is 10.6. The Labute approximate surface area is 183 Å². The van der Waals surface area contributed by atoms with E-state index in [1.54, 1.807) is 50.2 Å². The lowest BCUT2D eigenvalue weighted by molar-refractivity contribution is -0.275. The number of halogens is 3. The standard InChI is InChI=1S/C24H23F3N2O3/c1-13-7-8-14-16(28-13)5-4-6-17(14)29-21-15-9-10-18-20(32-12-31-18)19(15)22(2,3)11-23(21,30)24(25,26)27/h4-10,21,29-30H,11-12H2,1-3H3/t21-,23-/m0/s1. The van der Waals surface area contributed by atoms with Crippen LogP contribution in [0, 0.1) is 6.92 Å². The molecular formula is C24H23F3N2O3. The summed E-state index contributed by atoms with van der Waals surface area (Å²) in [6.45, 7) is 5.23. The molecule has 0 unspecified atom stereocenters. The molecule has 2 aliphatic rings. The van der Waals surface area contributed by atoms with Gasteiger partial charge < -0.3 is 19.9 Å². The highest BCUT2D eigenvalue weighted by Crippen LogP contribution is 2.58. The van der Waals surface area contributed by atoms with Crippen molar-refractivity contribution in [3.05, 3.63) is 59.3 Å². The Morgan fingerprint density at radius 3 is 2.62 bits per heavy atom. The molecule has 32 heavy (non-hydrogen) atoms. The molecule has 1 aromatic heterocycles. The number of nitrogens with zero attached hydrogens (tertiary/aromatic N) is 1. The van der Waals surface area contributed by atoms with Gasteiger partial charge in [0.15, 0.2) is 17.1 Å². The molecule has 2 N–H and O–H groups in total. The normalized spacial score (nSPS) is 23.8. The topological polar surface area (TPSA) is 63.6 Å². The summed E-state index contributed by atoms with van der Waals surface area (Å²) in [5.74, 6) is 0.941. The molecule has 5 nitrogen and oxygen atoms in total. The summed E-state index contributed by atoms with van der Waals surface area (Å²) >= 11 is 0. The number of nitrogens with one attached hydrogen (secondary N) is 1. The molecule has 3 aromatic rings. The second-order valence-electron chi connectivity index (χ2n) is 9.15. The highest BCUT2D eigenvalue weighted by atomic mass is 19.4. The van der Waals surface area contributed by atoms with Gasteiger partial charge in [0.25, 0.3) is 0 Å². The largest absolute Gasteiger partial charge is 0.454 e. The smallest absolute Gasteiger partial charge is 0.419 e. The summed E-state index contributed by atoms with van der Waals surface area (Å²) in [5, 5.41) is 14.9. The van der Waals surface area contributed by atoms with E-state index in [1.165, 1.54) is 0 Å². The van der Waals surface area contributed by atoms with Gasteiger partial charge in [-0.15, -0.1) is 0 Å². The van der Waals surface area contributed by atoms with Crippen molar-refractivity contribution in [1.82, 2.24) is 4.98 Å².